The van der Waals surface area contributed by atoms with Crippen molar-refractivity contribution in [3.8, 4) is 5.75 Å². The van der Waals surface area contributed by atoms with Gasteiger partial charge in [-0.05, 0) is 87.6 Å². The number of aryl methyl sites for hydroxylation is 2. The molecule has 7 heteroatoms. The summed E-state index contributed by atoms with van der Waals surface area (Å²) in [5.41, 5.74) is 3.73. The molecule has 1 N–H and O–H groups in total. The van der Waals surface area contributed by atoms with Gasteiger partial charge in [0.15, 0.2) is 6.10 Å². The molecular weight excluding hydrogens is 400 g/mol. The van der Waals surface area contributed by atoms with Gasteiger partial charge in [-0.2, -0.15) is 4.31 Å². The molecule has 0 radical (unpaired) electrons. The fraction of sp³-hybridized carbons (Fsp3) is 0.435. The number of carbonyl (C=O) groups is 1. The lowest BCUT2D eigenvalue weighted by molar-refractivity contribution is -0.122. The fourth-order valence-electron chi connectivity index (χ4n) is 3.58. The Kier molecular flexibility index (Phi) is 6.83. The molecule has 1 atom stereocenters. The third-order valence-corrected chi connectivity index (χ3v) is 7.42. The molecule has 1 saturated heterocycles. The molecule has 2 aromatic carbocycles. The number of sulfonamides is 1. The van der Waals surface area contributed by atoms with Gasteiger partial charge in [0, 0.05) is 18.8 Å². The molecule has 0 aliphatic carbocycles. The van der Waals surface area contributed by atoms with Crippen LogP contribution >= 0.6 is 0 Å². The van der Waals surface area contributed by atoms with Crippen LogP contribution in [0, 0.1) is 20.8 Å². The first kappa shape index (κ1) is 22.3. The molecule has 6 nitrogen and oxygen atoms in total. The maximum Gasteiger partial charge on any atom is 0.265 e. The highest BCUT2D eigenvalue weighted by Crippen LogP contribution is 2.25. The number of hydrogen-bond acceptors (Lipinski definition) is 4. The van der Waals surface area contributed by atoms with Gasteiger partial charge >= 0.3 is 0 Å². The van der Waals surface area contributed by atoms with Crippen LogP contribution in [-0.4, -0.2) is 37.8 Å². The molecule has 1 aliphatic heterocycles. The van der Waals surface area contributed by atoms with Crippen molar-refractivity contribution in [1.82, 2.24) is 4.31 Å². The molecule has 30 heavy (non-hydrogen) atoms. The number of carbonyl (C=O) groups excluding carboxylic acids is 1. The third kappa shape index (κ3) is 5.02. The standard InChI is InChI=1S/C23H30N2O4S/c1-16-14-17(2)18(3)22(15-16)29-19(4)23(26)24-20-8-10-21(11-9-20)30(27,28)25-12-6-5-7-13-25/h8-11,14-15,19H,5-7,12-13H2,1-4H3,(H,24,26)/t19-/m0/s1. The van der Waals surface area contributed by atoms with E-state index in [0.717, 1.165) is 36.0 Å². The highest BCUT2D eigenvalue weighted by Gasteiger charge is 2.26. The van der Waals surface area contributed by atoms with Gasteiger partial charge in [-0.1, -0.05) is 12.5 Å². The maximum absolute atomic E-state index is 12.7. The molecule has 1 fully saturated rings. The summed E-state index contributed by atoms with van der Waals surface area (Å²) in [5, 5.41) is 2.80. The number of piperidine rings is 1. The molecule has 162 valence electrons. The van der Waals surface area contributed by atoms with Crippen molar-refractivity contribution in [2.45, 2.75) is 58.0 Å². The minimum absolute atomic E-state index is 0.248. The van der Waals surface area contributed by atoms with Crippen molar-refractivity contribution < 1.29 is 17.9 Å². The van der Waals surface area contributed by atoms with Crippen molar-refractivity contribution in [2.75, 3.05) is 18.4 Å². The highest BCUT2D eigenvalue weighted by molar-refractivity contribution is 7.89. The summed E-state index contributed by atoms with van der Waals surface area (Å²) in [5.74, 6) is 0.401. The summed E-state index contributed by atoms with van der Waals surface area (Å²) in [6, 6.07) is 10.3. The zero-order chi connectivity index (χ0) is 21.9. The van der Waals surface area contributed by atoms with E-state index in [2.05, 4.69) is 11.4 Å². The smallest absolute Gasteiger partial charge is 0.265 e. The van der Waals surface area contributed by atoms with Gasteiger partial charge in [0.05, 0.1) is 4.90 Å². The molecule has 1 aliphatic rings. The van der Waals surface area contributed by atoms with Gasteiger partial charge < -0.3 is 10.1 Å². The van der Waals surface area contributed by atoms with Crippen molar-refractivity contribution in [1.29, 1.82) is 0 Å². The van der Waals surface area contributed by atoms with Crippen LogP contribution < -0.4 is 10.1 Å². The third-order valence-electron chi connectivity index (χ3n) is 5.51. The summed E-state index contributed by atoms with van der Waals surface area (Å²) in [4.78, 5) is 12.8. The average molecular weight is 431 g/mol. The van der Waals surface area contributed by atoms with Gasteiger partial charge in [0.25, 0.3) is 5.91 Å². The van der Waals surface area contributed by atoms with E-state index in [1.807, 2.05) is 26.8 Å². The van der Waals surface area contributed by atoms with Gasteiger partial charge in [0.2, 0.25) is 10.0 Å². The van der Waals surface area contributed by atoms with E-state index < -0.39 is 16.1 Å². The molecule has 3 rings (SSSR count). The quantitative estimate of drug-likeness (QED) is 0.745. The van der Waals surface area contributed by atoms with Crippen LogP contribution in [0.25, 0.3) is 0 Å². The lowest BCUT2D eigenvalue weighted by atomic mass is 10.1. The van der Waals surface area contributed by atoms with E-state index in [0.29, 0.717) is 24.5 Å². The Hall–Kier alpha value is -2.38. The Bertz CT molecular complexity index is 1010. The molecule has 1 heterocycles. The van der Waals surface area contributed by atoms with Crippen LogP contribution in [0.5, 0.6) is 5.75 Å². The first-order valence-corrected chi connectivity index (χ1v) is 11.8. The van der Waals surface area contributed by atoms with E-state index in [9.17, 15) is 13.2 Å². The second-order valence-electron chi connectivity index (χ2n) is 7.94. The minimum Gasteiger partial charge on any atom is -0.481 e. The summed E-state index contributed by atoms with van der Waals surface area (Å²) >= 11 is 0. The lowest BCUT2D eigenvalue weighted by Crippen LogP contribution is -2.35. The Morgan fingerprint density at radius 3 is 2.30 bits per heavy atom. The van der Waals surface area contributed by atoms with E-state index in [-0.39, 0.29) is 10.8 Å². The van der Waals surface area contributed by atoms with Crippen LogP contribution in [-0.2, 0) is 14.8 Å². The van der Waals surface area contributed by atoms with Crippen LogP contribution in [0.3, 0.4) is 0 Å². The SMILES string of the molecule is Cc1cc(C)c(C)c(O[C@@H](C)C(=O)Nc2ccc(S(=O)(=O)N3CCCCC3)cc2)c1. The molecule has 1 amide bonds. The predicted molar refractivity (Wildman–Crippen MR) is 118 cm³/mol. The maximum atomic E-state index is 12.7. The molecule has 0 bridgehead atoms. The second-order valence-corrected chi connectivity index (χ2v) is 9.88. The zero-order valence-corrected chi connectivity index (χ0v) is 18.9. The average Bonchev–Trinajstić information content (AvgIpc) is 2.72. The fourth-order valence-corrected chi connectivity index (χ4v) is 5.09. The summed E-state index contributed by atoms with van der Waals surface area (Å²) in [7, 11) is -3.48. The lowest BCUT2D eigenvalue weighted by Gasteiger charge is -2.25. The largest absolute Gasteiger partial charge is 0.481 e. The predicted octanol–water partition coefficient (Wildman–Crippen LogP) is 4.19. The molecule has 0 aromatic heterocycles. The Morgan fingerprint density at radius 2 is 1.67 bits per heavy atom. The Labute approximate surface area is 179 Å². The minimum atomic E-state index is -3.48. The molecule has 0 unspecified atom stereocenters. The van der Waals surface area contributed by atoms with Gasteiger partial charge in [-0.25, -0.2) is 8.42 Å². The van der Waals surface area contributed by atoms with E-state index in [1.54, 1.807) is 31.2 Å². The van der Waals surface area contributed by atoms with E-state index in [4.69, 9.17) is 4.74 Å². The molecule has 0 saturated carbocycles. The van der Waals surface area contributed by atoms with Gasteiger partial charge in [-0.15, -0.1) is 0 Å². The molecule has 0 spiro atoms. The topological polar surface area (TPSA) is 75.7 Å². The van der Waals surface area contributed by atoms with Crippen LogP contribution in [0.15, 0.2) is 41.3 Å². The molecular formula is C23H30N2O4S. The number of rotatable bonds is 6. The van der Waals surface area contributed by atoms with Gasteiger partial charge in [-0.3, -0.25) is 4.79 Å². The first-order chi connectivity index (χ1) is 14.2. The van der Waals surface area contributed by atoms with E-state index >= 15 is 0 Å². The van der Waals surface area contributed by atoms with E-state index in [1.165, 1.54) is 4.31 Å². The first-order valence-electron chi connectivity index (χ1n) is 10.3. The number of nitrogens with zero attached hydrogens (tertiary/aromatic N) is 1. The van der Waals surface area contributed by atoms with Crippen molar-refractivity contribution in [2.24, 2.45) is 0 Å². The number of hydrogen-bond donors (Lipinski definition) is 1. The van der Waals surface area contributed by atoms with Crippen LogP contribution in [0.2, 0.25) is 0 Å². The van der Waals surface area contributed by atoms with Crippen LogP contribution in [0.1, 0.15) is 42.9 Å². The Morgan fingerprint density at radius 1 is 1.03 bits per heavy atom. The number of anilines is 1. The number of amides is 1. The highest BCUT2D eigenvalue weighted by atomic mass is 32.2. The second kappa shape index (κ2) is 9.18. The van der Waals surface area contributed by atoms with Gasteiger partial charge in [0.1, 0.15) is 5.75 Å². The summed E-state index contributed by atoms with van der Waals surface area (Å²) in [6.45, 7) is 8.79. The summed E-state index contributed by atoms with van der Waals surface area (Å²) in [6.07, 6.45) is 2.16. The number of benzene rings is 2. The molecule has 2 aromatic rings. The summed E-state index contributed by atoms with van der Waals surface area (Å²) < 4.78 is 32.9. The zero-order valence-electron chi connectivity index (χ0n) is 18.1. The van der Waals surface area contributed by atoms with Crippen molar-refractivity contribution >= 4 is 21.6 Å². The normalized spacial score (nSPS) is 16.1. The van der Waals surface area contributed by atoms with Crippen molar-refractivity contribution in [3.63, 3.8) is 0 Å². The number of ether oxygens (including phenoxy) is 1. The van der Waals surface area contributed by atoms with Crippen LogP contribution in [0.4, 0.5) is 5.69 Å². The monoisotopic (exact) mass is 430 g/mol. The van der Waals surface area contributed by atoms with Crippen molar-refractivity contribution in [3.05, 3.63) is 53.1 Å². The Balaban J connectivity index is 1.65. The number of nitrogens with one attached hydrogen (secondary N) is 1.